The average molecular weight is 351 g/mol. The predicted octanol–water partition coefficient (Wildman–Crippen LogP) is 4.05. The zero-order valence-electron chi connectivity index (χ0n) is 13.9. The zero-order valence-corrected chi connectivity index (χ0v) is 13.9. The molecule has 0 saturated heterocycles. The number of benzene rings is 2. The van der Waals surface area contributed by atoms with E-state index in [0.717, 1.165) is 12.0 Å². The van der Waals surface area contributed by atoms with Gasteiger partial charge in [0.2, 0.25) is 0 Å². The molecule has 0 atom stereocenters. The Bertz CT molecular complexity index is 697. The molecule has 1 N–H and O–H groups in total. The van der Waals surface area contributed by atoms with E-state index in [0.29, 0.717) is 17.7 Å². The van der Waals surface area contributed by atoms with Gasteiger partial charge in [-0.25, -0.2) is 0 Å². The fourth-order valence-electron chi connectivity index (χ4n) is 2.33. The summed E-state index contributed by atoms with van der Waals surface area (Å²) in [6.07, 6.45) is -3.60. The number of hydrogen-bond donors (Lipinski definition) is 1. The molecule has 0 unspecified atom stereocenters. The third-order valence-electron chi connectivity index (χ3n) is 3.53. The Morgan fingerprint density at radius 2 is 1.80 bits per heavy atom. The number of carbonyl (C=O) groups is 1. The molecular weight excluding hydrogens is 331 g/mol. The van der Waals surface area contributed by atoms with Crippen molar-refractivity contribution in [3.63, 3.8) is 0 Å². The number of halogens is 3. The zero-order chi connectivity index (χ0) is 18.3. The number of aryl methyl sites for hydroxylation is 1. The molecule has 2 aromatic carbocycles. The molecule has 25 heavy (non-hydrogen) atoms. The normalized spacial score (nSPS) is 11.4. The quantitative estimate of drug-likeness (QED) is 0.817. The molecule has 0 bridgehead atoms. The highest BCUT2D eigenvalue weighted by Crippen LogP contribution is 2.15. The first kappa shape index (κ1) is 19.0. The summed E-state index contributed by atoms with van der Waals surface area (Å²) in [6.45, 7) is 1.10. The molecule has 0 aliphatic rings. The second kappa shape index (κ2) is 8.67. The summed E-state index contributed by atoms with van der Waals surface area (Å²) in [6, 6.07) is 14.4. The van der Waals surface area contributed by atoms with Crippen molar-refractivity contribution in [2.24, 2.45) is 0 Å². The highest BCUT2D eigenvalue weighted by Gasteiger charge is 2.27. The lowest BCUT2D eigenvalue weighted by Gasteiger charge is -2.09. The smallest absolute Gasteiger partial charge is 0.367 e. The van der Waals surface area contributed by atoms with E-state index in [1.165, 1.54) is 5.56 Å². The molecule has 0 spiro atoms. The van der Waals surface area contributed by atoms with Crippen LogP contribution in [0.5, 0.6) is 0 Å². The van der Waals surface area contributed by atoms with Crippen LogP contribution >= 0.6 is 0 Å². The van der Waals surface area contributed by atoms with Gasteiger partial charge in [-0.1, -0.05) is 42.0 Å². The molecule has 0 aliphatic heterocycles. The fraction of sp³-hybridized carbons (Fsp3) is 0.316. The van der Waals surface area contributed by atoms with Crippen LogP contribution in [-0.2, 0) is 17.8 Å². The molecular formula is C19H20F3NO2. The van der Waals surface area contributed by atoms with E-state index >= 15 is 0 Å². The number of rotatable bonds is 7. The highest BCUT2D eigenvalue weighted by molar-refractivity contribution is 5.94. The Balaban J connectivity index is 1.78. The van der Waals surface area contributed by atoms with Crippen molar-refractivity contribution in [1.82, 2.24) is 5.32 Å². The van der Waals surface area contributed by atoms with E-state index in [4.69, 9.17) is 0 Å². The second-order valence-corrected chi connectivity index (χ2v) is 5.80. The molecule has 6 heteroatoms. The lowest BCUT2D eigenvalue weighted by atomic mass is 10.1. The number of alkyl halides is 3. The van der Waals surface area contributed by atoms with Crippen LogP contribution in [0.25, 0.3) is 0 Å². The van der Waals surface area contributed by atoms with Crippen molar-refractivity contribution in [2.45, 2.75) is 26.1 Å². The average Bonchev–Trinajstić information content (AvgIpc) is 2.54. The van der Waals surface area contributed by atoms with Gasteiger partial charge >= 0.3 is 6.18 Å². The van der Waals surface area contributed by atoms with Crippen LogP contribution in [0.2, 0.25) is 0 Å². The fourth-order valence-corrected chi connectivity index (χ4v) is 2.33. The van der Waals surface area contributed by atoms with Crippen molar-refractivity contribution in [2.75, 3.05) is 13.2 Å². The third kappa shape index (κ3) is 6.97. The summed E-state index contributed by atoms with van der Waals surface area (Å²) in [7, 11) is 0. The summed E-state index contributed by atoms with van der Waals surface area (Å²) < 4.78 is 40.6. The van der Waals surface area contributed by atoms with Crippen molar-refractivity contribution >= 4 is 5.91 Å². The molecule has 0 heterocycles. The standard InChI is InChI=1S/C19H20F3NO2/c1-14-3-2-4-15(11-14)9-10-23-18(24)17-7-5-16(6-8-17)12-25-13-19(20,21)22/h2-8,11H,9-10,12-13H2,1H3,(H,23,24). The van der Waals surface area contributed by atoms with Crippen molar-refractivity contribution in [1.29, 1.82) is 0 Å². The Labute approximate surface area is 144 Å². The van der Waals surface area contributed by atoms with Crippen LogP contribution in [0.3, 0.4) is 0 Å². The van der Waals surface area contributed by atoms with E-state index < -0.39 is 12.8 Å². The minimum Gasteiger partial charge on any atom is -0.367 e. The summed E-state index contributed by atoms with van der Waals surface area (Å²) in [4.78, 5) is 12.1. The lowest BCUT2D eigenvalue weighted by molar-refractivity contribution is -0.176. The minimum atomic E-state index is -4.34. The minimum absolute atomic E-state index is 0.144. The van der Waals surface area contributed by atoms with Gasteiger partial charge < -0.3 is 10.1 Å². The van der Waals surface area contributed by atoms with Crippen LogP contribution in [0, 0.1) is 6.92 Å². The number of hydrogen-bond acceptors (Lipinski definition) is 2. The number of nitrogens with one attached hydrogen (secondary N) is 1. The van der Waals surface area contributed by atoms with Gasteiger partial charge in [-0.3, -0.25) is 4.79 Å². The van der Waals surface area contributed by atoms with Gasteiger partial charge in [-0.15, -0.1) is 0 Å². The first-order chi connectivity index (χ1) is 11.8. The van der Waals surface area contributed by atoms with E-state index in [-0.39, 0.29) is 12.5 Å². The van der Waals surface area contributed by atoms with Crippen molar-refractivity contribution < 1.29 is 22.7 Å². The second-order valence-electron chi connectivity index (χ2n) is 5.80. The van der Waals surface area contributed by atoms with Crippen molar-refractivity contribution in [3.05, 3.63) is 70.8 Å². The van der Waals surface area contributed by atoms with Gasteiger partial charge in [0, 0.05) is 12.1 Å². The summed E-state index contributed by atoms with van der Waals surface area (Å²) in [5, 5.41) is 2.83. The van der Waals surface area contributed by atoms with E-state index in [9.17, 15) is 18.0 Å². The summed E-state index contributed by atoms with van der Waals surface area (Å²) >= 11 is 0. The molecule has 134 valence electrons. The van der Waals surface area contributed by atoms with Gasteiger partial charge in [-0.05, 0) is 36.6 Å². The molecule has 0 saturated carbocycles. The molecule has 0 radical (unpaired) electrons. The Morgan fingerprint density at radius 1 is 1.08 bits per heavy atom. The molecule has 0 aliphatic carbocycles. The van der Waals surface area contributed by atoms with E-state index in [1.54, 1.807) is 24.3 Å². The Kier molecular flexibility index (Phi) is 6.58. The molecule has 0 aromatic heterocycles. The molecule has 2 rings (SSSR count). The largest absolute Gasteiger partial charge is 0.411 e. The number of ether oxygens (including phenoxy) is 1. The van der Waals surface area contributed by atoms with Crippen LogP contribution < -0.4 is 5.32 Å². The first-order valence-electron chi connectivity index (χ1n) is 7.91. The first-order valence-corrected chi connectivity index (χ1v) is 7.91. The number of amides is 1. The SMILES string of the molecule is Cc1cccc(CCNC(=O)c2ccc(COCC(F)(F)F)cc2)c1. The van der Waals surface area contributed by atoms with E-state index in [1.807, 2.05) is 25.1 Å². The van der Waals surface area contributed by atoms with Gasteiger partial charge in [0.25, 0.3) is 5.91 Å². The van der Waals surface area contributed by atoms with Crippen molar-refractivity contribution in [3.8, 4) is 0 Å². The maximum Gasteiger partial charge on any atom is 0.411 e. The van der Waals surface area contributed by atoms with Gasteiger partial charge in [-0.2, -0.15) is 13.2 Å². The lowest BCUT2D eigenvalue weighted by Crippen LogP contribution is -2.25. The highest BCUT2D eigenvalue weighted by atomic mass is 19.4. The third-order valence-corrected chi connectivity index (χ3v) is 3.53. The molecule has 3 nitrogen and oxygen atoms in total. The van der Waals surface area contributed by atoms with Crippen LogP contribution in [0.4, 0.5) is 13.2 Å². The predicted molar refractivity (Wildman–Crippen MR) is 89.4 cm³/mol. The van der Waals surface area contributed by atoms with Gasteiger partial charge in [0.1, 0.15) is 6.61 Å². The maximum atomic E-state index is 12.1. The summed E-state index contributed by atoms with van der Waals surface area (Å²) in [5.74, 6) is -0.213. The molecule has 2 aromatic rings. The van der Waals surface area contributed by atoms with Crippen LogP contribution in [-0.4, -0.2) is 25.2 Å². The van der Waals surface area contributed by atoms with Crippen LogP contribution in [0.15, 0.2) is 48.5 Å². The Hall–Kier alpha value is -2.34. The van der Waals surface area contributed by atoms with Gasteiger partial charge in [0.05, 0.1) is 6.61 Å². The number of carbonyl (C=O) groups excluding carboxylic acids is 1. The maximum absolute atomic E-state index is 12.1. The molecule has 0 fully saturated rings. The Morgan fingerprint density at radius 3 is 2.44 bits per heavy atom. The van der Waals surface area contributed by atoms with Gasteiger partial charge in [0.15, 0.2) is 0 Å². The molecule has 1 amide bonds. The summed E-state index contributed by atoms with van der Waals surface area (Å²) in [5.41, 5.74) is 3.37. The topological polar surface area (TPSA) is 38.3 Å². The van der Waals surface area contributed by atoms with Crippen LogP contribution in [0.1, 0.15) is 27.0 Å². The monoisotopic (exact) mass is 351 g/mol. The van der Waals surface area contributed by atoms with E-state index in [2.05, 4.69) is 16.1 Å².